The van der Waals surface area contributed by atoms with Gasteiger partial charge in [0.15, 0.2) is 5.96 Å². The van der Waals surface area contributed by atoms with Gasteiger partial charge in [0.05, 0.1) is 6.61 Å². The van der Waals surface area contributed by atoms with E-state index < -0.39 is 0 Å². The summed E-state index contributed by atoms with van der Waals surface area (Å²) in [7, 11) is 1.78. The number of hydrogen-bond donors (Lipinski definition) is 2. The molecule has 1 fully saturated rings. The summed E-state index contributed by atoms with van der Waals surface area (Å²) in [6.07, 6.45) is 4.31. The van der Waals surface area contributed by atoms with Crippen molar-refractivity contribution in [3.05, 3.63) is 76.6 Å². The molecule has 0 saturated carbocycles. The van der Waals surface area contributed by atoms with Crippen LogP contribution in [0.4, 0.5) is 4.39 Å². The Morgan fingerprint density at radius 2 is 1.93 bits per heavy atom. The Morgan fingerprint density at radius 3 is 2.59 bits per heavy atom. The zero-order chi connectivity index (χ0) is 19.1. The van der Waals surface area contributed by atoms with Gasteiger partial charge < -0.3 is 15.3 Å². The molecule has 0 aromatic heterocycles. The largest absolute Gasteiger partial charge is 0.392 e. The molecule has 3 rings (SSSR count). The van der Waals surface area contributed by atoms with E-state index in [1.165, 1.54) is 17.2 Å². The van der Waals surface area contributed by atoms with Gasteiger partial charge in [-0.15, -0.1) is 0 Å². The second-order valence-corrected chi connectivity index (χ2v) is 6.68. The Bertz CT molecular complexity index is 808. The lowest BCUT2D eigenvalue weighted by Gasteiger charge is -2.31. The summed E-state index contributed by atoms with van der Waals surface area (Å²) in [5, 5.41) is 12.5. The van der Waals surface area contributed by atoms with Gasteiger partial charge in [-0.3, -0.25) is 4.99 Å². The van der Waals surface area contributed by atoms with Crippen LogP contribution in [0, 0.1) is 5.82 Å². The molecule has 142 valence electrons. The summed E-state index contributed by atoms with van der Waals surface area (Å²) in [5.41, 5.74) is 3.94. The summed E-state index contributed by atoms with van der Waals surface area (Å²) in [6, 6.07) is 15.2. The molecule has 1 aliphatic rings. The lowest BCUT2D eigenvalue weighted by atomic mass is 10.0. The third-order valence-corrected chi connectivity index (χ3v) is 4.82. The molecule has 2 aromatic carbocycles. The van der Waals surface area contributed by atoms with Gasteiger partial charge in [-0.2, -0.15) is 0 Å². The summed E-state index contributed by atoms with van der Waals surface area (Å²) in [6.45, 7) is 2.09. The highest BCUT2D eigenvalue weighted by molar-refractivity contribution is 5.80. The minimum Gasteiger partial charge on any atom is -0.392 e. The maximum atomic E-state index is 13.5. The summed E-state index contributed by atoms with van der Waals surface area (Å²) in [4.78, 5) is 6.63. The van der Waals surface area contributed by atoms with E-state index in [4.69, 9.17) is 0 Å². The van der Waals surface area contributed by atoms with E-state index in [2.05, 4.69) is 45.6 Å². The van der Waals surface area contributed by atoms with E-state index in [-0.39, 0.29) is 12.4 Å². The van der Waals surface area contributed by atoms with Crippen molar-refractivity contribution in [2.24, 2.45) is 4.99 Å². The SMILES string of the molecule is CN=C(NCc1ccc(F)c(CO)c1)N1CCC(=Cc2ccccc2)CC1. The molecule has 1 aliphatic heterocycles. The fraction of sp³-hybridized carbons (Fsp3) is 0.318. The predicted molar refractivity (Wildman–Crippen MR) is 108 cm³/mol. The minimum absolute atomic E-state index is 0.295. The van der Waals surface area contributed by atoms with Gasteiger partial charge >= 0.3 is 0 Å². The van der Waals surface area contributed by atoms with Crippen LogP contribution in [0.3, 0.4) is 0 Å². The smallest absolute Gasteiger partial charge is 0.193 e. The summed E-state index contributed by atoms with van der Waals surface area (Å²) < 4.78 is 13.5. The van der Waals surface area contributed by atoms with Gasteiger partial charge in [0.2, 0.25) is 0 Å². The van der Waals surface area contributed by atoms with Crippen LogP contribution in [-0.4, -0.2) is 36.1 Å². The number of nitrogens with zero attached hydrogens (tertiary/aromatic N) is 2. The first-order valence-electron chi connectivity index (χ1n) is 9.28. The number of aliphatic hydroxyl groups is 1. The predicted octanol–water partition coefficient (Wildman–Crippen LogP) is 3.57. The van der Waals surface area contributed by atoms with Crippen molar-refractivity contribution in [1.82, 2.24) is 10.2 Å². The van der Waals surface area contributed by atoms with Crippen molar-refractivity contribution in [3.63, 3.8) is 0 Å². The van der Waals surface area contributed by atoms with Gasteiger partial charge in [0.25, 0.3) is 0 Å². The number of guanidine groups is 1. The molecule has 0 radical (unpaired) electrons. The molecule has 2 aromatic rings. The lowest BCUT2D eigenvalue weighted by Crippen LogP contribution is -2.44. The van der Waals surface area contributed by atoms with Crippen LogP contribution in [0.2, 0.25) is 0 Å². The number of nitrogens with one attached hydrogen (secondary N) is 1. The van der Waals surface area contributed by atoms with E-state index in [1.54, 1.807) is 19.2 Å². The second-order valence-electron chi connectivity index (χ2n) is 6.68. The Morgan fingerprint density at radius 1 is 1.19 bits per heavy atom. The van der Waals surface area contributed by atoms with E-state index in [9.17, 15) is 9.50 Å². The molecule has 27 heavy (non-hydrogen) atoms. The van der Waals surface area contributed by atoms with Crippen LogP contribution < -0.4 is 5.32 Å². The number of aliphatic hydroxyl groups excluding tert-OH is 1. The van der Waals surface area contributed by atoms with Crippen LogP contribution in [0.25, 0.3) is 6.08 Å². The van der Waals surface area contributed by atoms with Gasteiger partial charge in [0.1, 0.15) is 5.82 Å². The van der Waals surface area contributed by atoms with Gasteiger partial charge in [0, 0.05) is 32.2 Å². The van der Waals surface area contributed by atoms with E-state index >= 15 is 0 Å². The fourth-order valence-electron chi connectivity index (χ4n) is 3.31. The summed E-state index contributed by atoms with van der Waals surface area (Å²) in [5.74, 6) is 0.475. The molecule has 1 saturated heterocycles. The number of hydrogen-bond acceptors (Lipinski definition) is 2. The first kappa shape index (κ1) is 19.1. The van der Waals surface area contributed by atoms with Gasteiger partial charge in [-0.05, 0) is 36.1 Å². The maximum absolute atomic E-state index is 13.5. The third kappa shape index (κ3) is 5.17. The van der Waals surface area contributed by atoms with Crippen LogP contribution >= 0.6 is 0 Å². The Hall–Kier alpha value is -2.66. The molecule has 1 heterocycles. The quantitative estimate of drug-likeness (QED) is 0.642. The molecular formula is C22H26FN3O. The zero-order valence-corrected chi connectivity index (χ0v) is 15.7. The average molecular weight is 367 g/mol. The number of benzene rings is 2. The number of aliphatic imine (C=N–C) groups is 1. The summed E-state index contributed by atoms with van der Waals surface area (Å²) >= 11 is 0. The standard InChI is InChI=1S/C22H26FN3O/c1-24-22(25-15-19-7-8-21(23)20(14-19)16-27)26-11-9-18(10-12-26)13-17-5-3-2-4-6-17/h2-8,13-14,27H,9-12,15-16H2,1H3,(H,24,25). The fourth-order valence-corrected chi connectivity index (χ4v) is 3.31. The maximum Gasteiger partial charge on any atom is 0.193 e. The van der Waals surface area contributed by atoms with Gasteiger partial charge in [-0.25, -0.2) is 4.39 Å². The normalized spacial score (nSPS) is 15.0. The van der Waals surface area contributed by atoms with Crippen molar-refractivity contribution >= 4 is 12.0 Å². The van der Waals surface area contributed by atoms with Crippen molar-refractivity contribution in [2.45, 2.75) is 26.0 Å². The average Bonchev–Trinajstić information content (AvgIpc) is 2.71. The van der Waals surface area contributed by atoms with Crippen molar-refractivity contribution in [2.75, 3.05) is 20.1 Å². The molecule has 5 heteroatoms. The zero-order valence-electron chi connectivity index (χ0n) is 15.7. The molecule has 0 bridgehead atoms. The monoisotopic (exact) mass is 367 g/mol. The van der Waals surface area contributed by atoms with Crippen molar-refractivity contribution in [3.8, 4) is 0 Å². The first-order chi connectivity index (χ1) is 13.2. The number of likely N-dealkylation sites (tertiary alicyclic amines) is 1. The highest BCUT2D eigenvalue weighted by Gasteiger charge is 2.17. The topological polar surface area (TPSA) is 47.9 Å². The van der Waals surface area contributed by atoms with Gasteiger partial charge in [-0.1, -0.05) is 48.0 Å². The number of rotatable bonds is 4. The van der Waals surface area contributed by atoms with Crippen LogP contribution in [-0.2, 0) is 13.2 Å². The molecule has 0 aliphatic carbocycles. The third-order valence-electron chi connectivity index (χ3n) is 4.82. The van der Waals surface area contributed by atoms with E-state index in [0.717, 1.165) is 37.5 Å². The van der Waals surface area contributed by atoms with E-state index in [1.807, 2.05) is 6.07 Å². The van der Waals surface area contributed by atoms with Crippen molar-refractivity contribution < 1.29 is 9.50 Å². The lowest BCUT2D eigenvalue weighted by molar-refractivity contribution is 0.275. The van der Waals surface area contributed by atoms with E-state index in [0.29, 0.717) is 12.1 Å². The first-order valence-corrected chi connectivity index (χ1v) is 9.28. The van der Waals surface area contributed by atoms with Crippen LogP contribution in [0.1, 0.15) is 29.5 Å². The van der Waals surface area contributed by atoms with Crippen LogP contribution in [0.5, 0.6) is 0 Å². The number of piperidine rings is 1. The Labute approximate surface area is 160 Å². The Kier molecular flexibility index (Phi) is 6.60. The molecule has 0 unspecified atom stereocenters. The molecule has 2 N–H and O–H groups in total. The Balaban J connectivity index is 1.56. The molecule has 0 atom stereocenters. The molecule has 0 spiro atoms. The molecular weight excluding hydrogens is 341 g/mol. The van der Waals surface area contributed by atoms with Crippen LogP contribution in [0.15, 0.2) is 59.1 Å². The van der Waals surface area contributed by atoms with Crippen molar-refractivity contribution in [1.29, 1.82) is 0 Å². The highest BCUT2D eigenvalue weighted by atomic mass is 19.1. The molecule has 4 nitrogen and oxygen atoms in total. The number of halogens is 1. The molecule has 0 amide bonds. The highest BCUT2D eigenvalue weighted by Crippen LogP contribution is 2.19. The second kappa shape index (κ2) is 9.33. The minimum atomic E-state index is -0.376.